The highest BCUT2D eigenvalue weighted by Gasteiger charge is 2.25. The molecule has 0 fully saturated rings. The number of nitrogens with one attached hydrogen (secondary N) is 3. The lowest BCUT2D eigenvalue weighted by molar-refractivity contribution is -0.137. The predicted molar refractivity (Wildman–Crippen MR) is 56.8 cm³/mol. The van der Waals surface area contributed by atoms with Gasteiger partial charge in [-0.2, -0.15) is 0 Å². The van der Waals surface area contributed by atoms with Crippen molar-refractivity contribution in [3.8, 4) is 0 Å². The van der Waals surface area contributed by atoms with E-state index in [2.05, 4.69) is 16.0 Å². The van der Waals surface area contributed by atoms with Gasteiger partial charge in [0, 0.05) is 0 Å². The largest absolute Gasteiger partial charge is 0.480 e. The lowest BCUT2D eigenvalue weighted by Crippen LogP contribution is -2.53. The van der Waals surface area contributed by atoms with Gasteiger partial charge in [0.25, 0.3) is 0 Å². The Morgan fingerprint density at radius 2 is 1.69 bits per heavy atom. The average Bonchev–Trinajstić information content (AvgIpc) is 2.22. The van der Waals surface area contributed by atoms with Gasteiger partial charge in [0.2, 0.25) is 11.8 Å². The molecule has 0 spiro atoms. The first-order valence-electron chi connectivity index (χ1n) is 4.75. The van der Waals surface area contributed by atoms with Crippen LogP contribution in [0.15, 0.2) is 0 Å². The molecule has 0 atom stereocenters. The van der Waals surface area contributed by atoms with E-state index in [1.807, 2.05) is 0 Å². The van der Waals surface area contributed by atoms with Crippen molar-refractivity contribution in [2.75, 3.05) is 20.1 Å². The molecule has 0 aromatic rings. The number of likely N-dealkylation sites (N-methyl/N-ethyl adjacent to an activating group) is 1. The third-order valence-electron chi connectivity index (χ3n) is 2.04. The molecule has 92 valence electrons. The molecule has 7 nitrogen and oxygen atoms in total. The van der Waals surface area contributed by atoms with Crippen molar-refractivity contribution in [1.29, 1.82) is 0 Å². The van der Waals surface area contributed by atoms with Gasteiger partial charge in [0.1, 0.15) is 6.54 Å². The van der Waals surface area contributed by atoms with Crippen LogP contribution in [-0.2, 0) is 14.4 Å². The molecule has 4 N–H and O–H groups in total. The summed E-state index contributed by atoms with van der Waals surface area (Å²) >= 11 is 0. The van der Waals surface area contributed by atoms with Crippen LogP contribution in [0.2, 0.25) is 0 Å². The Bertz CT molecular complexity index is 288. The molecule has 0 bridgehead atoms. The fourth-order valence-corrected chi connectivity index (χ4v) is 0.732. The van der Waals surface area contributed by atoms with Crippen LogP contribution in [-0.4, -0.2) is 48.6 Å². The molecule has 0 saturated heterocycles. The standard InChI is InChI=1S/C9H17N3O4/c1-9(2,10-3)8(16)12-4-6(13)11-5-7(14)15/h10H,4-5H2,1-3H3,(H,11,13)(H,12,16)(H,14,15). The fraction of sp³-hybridized carbons (Fsp3) is 0.667. The quantitative estimate of drug-likeness (QED) is 0.436. The van der Waals surface area contributed by atoms with Gasteiger partial charge in [0.15, 0.2) is 0 Å². The molecule has 0 radical (unpaired) electrons. The van der Waals surface area contributed by atoms with Gasteiger partial charge in [-0.1, -0.05) is 0 Å². The monoisotopic (exact) mass is 231 g/mol. The zero-order valence-corrected chi connectivity index (χ0v) is 9.59. The van der Waals surface area contributed by atoms with Crippen LogP contribution in [0, 0.1) is 0 Å². The first-order valence-corrected chi connectivity index (χ1v) is 4.75. The number of carboxylic acids is 1. The molecule has 0 aliphatic carbocycles. The second kappa shape index (κ2) is 6.06. The summed E-state index contributed by atoms with van der Waals surface area (Å²) in [4.78, 5) is 32.7. The molecular formula is C9H17N3O4. The van der Waals surface area contributed by atoms with E-state index in [1.165, 1.54) is 0 Å². The van der Waals surface area contributed by atoms with Gasteiger partial charge in [-0.25, -0.2) is 0 Å². The van der Waals surface area contributed by atoms with Crippen LogP contribution in [0.5, 0.6) is 0 Å². The third-order valence-corrected chi connectivity index (χ3v) is 2.04. The summed E-state index contributed by atoms with van der Waals surface area (Å²) in [5.41, 5.74) is -0.771. The molecule has 7 heteroatoms. The topological polar surface area (TPSA) is 108 Å². The second-order valence-corrected chi connectivity index (χ2v) is 3.73. The molecule has 0 saturated carbocycles. The highest BCUT2D eigenvalue weighted by Crippen LogP contribution is 1.99. The Hall–Kier alpha value is -1.63. The average molecular weight is 231 g/mol. The van der Waals surface area contributed by atoms with Gasteiger partial charge < -0.3 is 21.1 Å². The summed E-state index contributed by atoms with van der Waals surface area (Å²) in [7, 11) is 1.63. The highest BCUT2D eigenvalue weighted by molar-refractivity contribution is 5.90. The van der Waals surface area contributed by atoms with Crippen LogP contribution in [0.25, 0.3) is 0 Å². The maximum atomic E-state index is 11.5. The number of carbonyl (C=O) groups is 3. The minimum atomic E-state index is -1.13. The van der Waals surface area contributed by atoms with E-state index in [9.17, 15) is 14.4 Å². The minimum Gasteiger partial charge on any atom is -0.480 e. The van der Waals surface area contributed by atoms with E-state index >= 15 is 0 Å². The normalized spacial score (nSPS) is 10.7. The first-order chi connectivity index (χ1) is 7.29. The molecule has 16 heavy (non-hydrogen) atoms. The zero-order chi connectivity index (χ0) is 12.8. The Kier molecular flexibility index (Phi) is 5.44. The lowest BCUT2D eigenvalue weighted by atomic mass is 10.1. The summed E-state index contributed by atoms with van der Waals surface area (Å²) in [6.07, 6.45) is 0. The summed E-state index contributed by atoms with van der Waals surface area (Å²) in [6, 6.07) is 0. The number of amides is 2. The summed E-state index contributed by atoms with van der Waals surface area (Å²) in [5, 5.41) is 15.6. The van der Waals surface area contributed by atoms with Crippen LogP contribution in [0.4, 0.5) is 0 Å². The molecule has 0 aliphatic rings. The predicted octanol–water partition coefficient (Wildman–Crippen LogP) is -1.70. The van der Waals surface area contributed by atoms with Crippen molar-refractivity contribution in [3.05, 3.63) is 0 Å². The van der Waals surface area contributed by atoms with E-state index in [0.717, 1.165) is 0 Å². The Morgan fingerprint density at radius 1 is 1.12 bits per heavy atom. The van der Waals surface area contributed by atoms with Gasteiger partial charge in [0.05, 0.1) is 12.1 Å². The smallest absolute Gasteiger partial charge is 0.322 e. The van der Waals surface area contributed by atoms with Crippen LogP contribution in [0.1, 0.15) is 13.8 Å². The highest BCUT2D eigenvalue weighted by atomic mass is 16.4. The number of carbonyl (C=O) groups excluding carboxylic acids is 2. The van der Waals surface area contributed by atoms with Gasteiger partial charge in [-0.05, 0) is 20.9 Å². The Morgan fingerprint density at radius 3 is 2.12 bits per heavy atom. The van der Waals surface area contributed by atoms with Crippen molar-refractivity contribution in [3.63, 3.8) is 0 Å². The van der Waals surface area contributed by atoms with Crippen molar-refractivity contribution in [2.24, 2.45) is 0 Å². The molecule has 0 aromatic carbocycles. The number of hydrogen-bond donors (Lipinski definition) is 4. The van der Waals surface area contributed by atoms with Crippen molar-refractivity contribution in [1.82, 2.24) is 16.0 Å². The molecule has 0 unspecified atom stereocenters. The molecule has 0 rings (SSSR count). The van der Waals surface area contributed by atoms with Crippen LogP contribution in [0.3, 0.4) is 0 Å². The zero-order valence-electron chi connectivity index (χ0n) is 9.59. The number of rotatable bonds is 6. The maximum Gasteiger partial charge on any atom is 0.322 e. The van der Waals surface area contributed by atoms with Gasteiger partial charge >= 0.3 is 5.97 Å². The summed E-state index contributed by atoms with van der Waals surface area (Å²) in [6.45, 7) is 2.64. The van der Waals surface area contributed by atoms with Gasteiger partial charge in [-0.3, -0.25) is 14.4 Å². The van der Waals surface area contributed by atoms with Gasteiger partial charge in [-0.15, -0.1) is 0 Å². The van der Waals surface area contributed by atoms with Crippen molar-refractivity contribution in [2.45, 2.75) is 19.4 Å². The van der Waals surface area contributed by atoms with E-state index in [1.54, 1.807) is 20.9 Å². The molecule has 0 aromatic heterocycles. The number of hydrogen-bond acceptors (Lipinski definition) is 4. The number of aliphatic carboxylic acids is 1. The SMILES string of the molecule is CNC(C)(C)C(=O)NCC(=O)NCC(=O)O. The van der Waals surface area contributed by atoms with E-state index in [0.29, 0.717) is 0 Å². The van der Waals surface area contributed by atoms with Crippen LogP contribution < -0.4 is 16.0 Å². The Balaban J connectivity index is 3.93. The van der Waals surface area contributed by atoms with E-state index in [4.69, 9.17) is 5.11 Å². The lowest BCUT2D eigenvalue weighted by Gasteiger charge is -2.22. The first kappa shape index (κ1) is 14.4. The van der Waals surface area contributed by atoms with Crippen molar-refractivity contribution >= 4 is 17.8 Å². The van der Waals surface area contributed by atoms with Crippen molar-refractivity contribution < 1.29 is 19.5 Å². The number of carboxylic acid groups (broad SMARTS) is 1. The fourth-order valence-electron chi connectivity index (χ4n) is 0.732. The Labute approximate surface area is 93.6 Å². The maximum absolute atomic E-state index is 11.5. The molecular weight excluding hydrogens is 214 g/mol. The molecule has 0 aliphatic heterocycles. The molecule has 0 heterocycles. The summed E-state index contributed by atoms with van der Waals surface area (Å²) in [5.74, 6) is -2.00. The van der Waals surface area contributed by atoms with Crippen LogP contribution >= 0.6 is 0 Å². The second-order valence-electron chi connectivity index (χ2n) is 3.73. The van der Waals surface area contributed by atoms with E-state index in [-0.39, 0.29) is 12.5 Å². The minimum absolute atomic E-state index is 0.239. The summed E-state index contributed by atoms with van der Waals surface area (Å²) < 4.78 is 0. The third kappa shape index (κ3) is 5.30. The molecule has 2 amide bonds. The van der Waals surface area contributed by atoms with E-state index < -0.39 is 24.0 Å².